The average Bonchev–Trinajstić information content (AvgIpc) is 3.12. The third-order valence-electron chi connectivity index (χ3n) is 5.89. The van der Waals surface area contributed by atoms with Gasteiger partial charge in [-0.3, -0.25) is 4.79 Å². The Hall–Kier alpha value is -2.57. The van der Waals surface area contributed by atoms with E-state index in [0.717, 1.165) is 55.5 Å². The Morgan fingerprint density at radius 2 is 1.89 bits per heavy atom. The fourth-order valence-corrected chi connectivity index (χ4v) is 4.33. The van der Waals surface area contributed by atoms with E-state index in [0.29, 0.717) is 12.8 Å². The monoisotopic (exact) mass is 370 g/mol. The van der Waals surface area contributed by atoms with Crippen LogP contribution in [0.4, 0.5) is 4.79 Å². The van der Waals surface area contributed by atoms with Crippen molar-refractivity contribution >= 4 is 23.0 Å². The number of imidazole rings is 1. The summed E-state index contributed by atoms with van der Waals surface area (Å²) in [5.41, 5.74) is 1.91. The highest BCUT2D eigenvalue weighted by atomic mass is 16.4. The summed E-state index contributed by atoms with van der Waals surface area (Å²) in [5, 5.41) is 12.3. The maximum atomic E-state index is 12.9. The molecule has 1 aliphatic heterocycles. The maximum absolute atomic E-state index is 12.9. The molecule has 0 spiro atoms. The number of hydrogen-bond donors (Lipinski definition) is 3. The minimum atomic E-state index is -0.722. The van der Waals surface area contributed by atoms with Gasteiger partial charge in [0.2, 0.25) is 0 Å². The molecule has 1 aromatic carbocycles. The molecule has 0 radical (unpaired) electrons. The third-order valence-corrected chi connectivity index (χ3v) is 5.89. The van der Waals surface area contributed by atoms with Crippen LogP contribution in [-0.2, 0) is 4.79 Å². The number of piperidine rings is 1. The summed E-state index contributed by atoms with van der Waals surface area (Å²) in [6, 6.07) is 7.88. The maximum Gasteiger partial charge on any atom is 0.318 e. The van der Waals surface area contributed by atoms with Gasteiger partial charge in [0.25, 0.3) is 0 Å². The average molecular weight is 370 g/mol. The van der Waals surface area contributed by atoms with Crippen LogP contribution in [-0.4, -0.2) is 44.6 Å². The van der Waals surface area contributed by atoms with Crippen LogP contribution in [0.15, 0.2) is 24.3 Å². The molecular formula is C20H26N4O3. The SMILES string of the molecule is O=C(O)C1CCC(NC(=O)N2CCCCC2c2nc3ccccc3[nH]2)CC1. The summed E-state index contributed by atoms with van der Waals surface area (Å²) in [7, 11) is 0. The molecule has 0 bridgehead atoms. The van der Waals surface area contributed by atoms with Crippen molar-refractivity contribution in [2.24, 2.45) is 5.92 Å². The first kappa shape index (κ1) is 17.8. The Kier molecular flexibility index (Phi) is 5.01. The highest BCUT2D eigenvalue weighted by molar-refractivity contribution is 5.77. The first-order valence-corrected chi connectivity index (χ1v) is 9.86. The van der Waals surface area contributed by atoms with Crippen LogP contribution >= 0.6 is 0 Å². The number of carbonyl (C=O) groups excluding carboxylic acids is 1. The summed E-state index contributed by atoms with van der Waals surface area (Å²) < 4.78 is 0. The highest BCUT2D eigenvalue weighted by Gasteiger charge is 2.33. The number of benzene rings is 1. The van der Waals surface area contributed by atoms with Crippen LogP contribution in [0.1, 0.15) is 56.8 Å². The van der Waals surface area contributed by atoms with Crippen LogP contribution < -0.4 is 5.32 Å². The van der Waals surface area contributed by atoms with Gasteiger partial charge in [0, 0.05) is 12.6 Å². The van der Waals surface area contributed by atoms with Crippen molar-refractivity contribution in [3.05, 3.63) is 30.1 Å². The molecular weight excluding hydrogens is 344 g/mol. The minimum Gasteiger partial charge on any atom is -0.481 e. The van der Waals surface area contributed by atoms with Crippen LogP contribution in [0.2, 0.25) is 0 Å². The first-order chi connectivity index (χ1) is 13.1. The molecule has 2 heterocycles. The van der Waals surface area contributed by atoms with E-state index in [1.54, 1.807) is 0 Å². The molecule has 27 heavy (non-hydrogen) atoms. The lowest BCUT2D eigenvalue weighted by Gasteiger charge is -2.36. The molecule has 1 atom stereocenters. The lowest BCUT2D eigenvalue weighted by atomic mass is 9.86. The Morgan fingerprint density at radius 3 is 2.63 bits per heavy atom. The molecule has 2 amide bonds. The van der Waals surface area contributed by atoms with E-state index < -0.39 is 5.97 Å². The number of aromatic amines is 1. The quantitative estimate of drug-likeness (QED) is 0.771. The fourth-order valence-electron chi connectivity index (χ4n) is 4.33. The lowest BCUT2D eigenvalue weighted by Crippen LogP contribution is -2.49. The van der Waals surface area contributed by atoms with E-state index >= 15 is 0 Å². The predicted molar refractivity (Wildman–Crippen MR) is 101 cm³/mol. The standard InChI is InChI=1S/C20H26N4O3/c25-19(26)13-8-10-14(11-9-13)21-20(27)24-12-4-3-7-17(24)18-22-15-5-1-2-6-16(15)23-18/h1-2,5-6,13-14,17H,3-4,7-12H2,(H,21,27)(H,22,23)(H,25,26). The lowest BCUT2D eigenvalue weighted by molar-refractivity contribution is -0.142. The number of amides is 2. The number of H-pyrrole nitrogens is 1. The number of hydrogen-bond acceptors (Lipinski definition) is 3. The van der Waals surface area contributed by atoms with Crippen molar-refractivity contribution in [3.8, 4) is 0 Å². The number of nitrogens with zero attached hydrogens (tertiary/aromatic N) is 2. The number of fused-ring (bicyclic) bond motifs is 1. The normalized spacial score (nSPS) is 26.1. The largest absolute Gasteiger partial charge is 0.481 e. The van der Waals surface area contributed by atoms with Gasteiger partial charge in [0.05, 0.1) is 23.0 Å². The summed E-state index contributed by atoms with van der Waals surface area (Å²) in [6.07, 6.45) is 5.70. The molecule has 2 fully saturated rings. The molecule has 144 valence electrons. The predicted octanol–water partition coefficient (Wildman–Crippen LogP) is 3.44. The summed E-state index contributed by atoms with van der Waals surface area (Å²) in [6.45, 7) is 0.720. The van der Waals surface area contributed by atoms with Crippen LogP contribution in [0.25, 0.3) is 11.0 Å². The zero-order valence-corrected chi connectivity index (χ0v) is 15.4. The fraction of sp³-hybridized carbons (Fsp3) is 0.550. The highest BCUT2D eigenvalue weighted by Crippen LogP contribution is 2.31. The molecule has 1 aromatic heterocycles. The van der Waals surface area contributed by atoms with E-state index in [-0.39, 0.29) is 24.0 Å². The van der Waals surface area contributed by atoms with Crippen molar-refractivity contribution in [2.45, 2.75) is 57.0 Å². The van der Waals surface area contributed by atoms with Gasteiger partial charge in [-0.15, -0.1) is 0 Å². The van der Waals surface area contributed by atoms with Gasteiger partial charge in [0.15, 0.2) is 0 Å². The zero-order valence-electron chi connectivity index (χ0n) is 15.4. The molecule has 1 saturated heterocycles. The second-order valence-corrected chi connectivity index (χ2v) is 7.68. The topological polar surface area (TPSA) is 98.3 Å². The molecule has 3 N–H and O–H groups in total. The number of carbonyl (C=O) groups is 2. The molecule has 1 aliphatic carbocycles. The van der Waals surface area contributed by atoms with Gasteiger partial charge in [-0.25, -0.2) is 9.78 Å². The van der Waals surface area contributed by atoms with Crippen molar-refractivity contribution < 1.29 is 14.7 Å². The number of urea groups is 1. The second-order valence-electron chi connectivity index (χ2n) is 7.68. The summed E-state index contributed by atoms with van der Waals surface area (Å²) >= 11 is 0. The molecule has 2 aromatic rings. The van der Waals surface area contributed by atoms with E-state index in [9.17, 15) is 9.59 Å². The minimum absolute atomic E-state index is 0.0403. The number of nitrogens with one attached hydrogen (secondary N) is 2. The number of carboxylic acids is 1. The van der Waals surface area contributed by atoms with Gasteiger partial charge in [-0.1, -0.05) is 12.1 Å². The Balaban J connectivity index is 1.44. The van der Waals surface area contributed by atoms with Gasteiger partial charge in [0.1, 0.15) is 5.82 Å². The van der Waals surface area contributed by atoms with Gasteiger partial charge < -0.3 is 20.3 Å². The number of aliphatic carboxylic acids is 1. The second kappa shape index (κ2) is 7.58. The molecule has 1 saturated carbocycles. The van der Waals surface area contributed by atoms with Crippen LogP contribution in [0, 0.1) is 5.92 Å². The molecule has 2 aliphatic rings. The van der Waals surface area contributed by atoms with Crippen molar-refractivity contribution in [3.63, 3.8) is 0 Å². The van der Waals surface area contributed by atoms with E-state index in [1.807, 2.05) is 29.2 Å². The van der Waals surface area contributed by atoms with Crippen molar-refractivity contribution in [1.29, 1.82) is 0 Å². The molecule has 7 heteroatoms. The smallest absolute Gasteiger partial charge is 0.318 e. The zero-order chi connectivity index (χ0) is 18.8. The molecule has 1 unspecified atom stereocenters. The third kappa shape index (κ3) is 3.77. The van der Waals surface area contributed by atoms with Crippen molar-refractivity contribution in [1.82, 2.24) is 20.2 Å². The first-order valence-electron chi connectivity index (χ1n) is 9.86. The van der Waals surface area contributed by atoms with Gasteiger partial charge >= 0.3 is 12.0 Å². The number of aromatic nitrogens is 2. The number of likely N-dealkylation sites (tertiary alicyclic amines) is 1. The van der Waals surface area contributed by atoms with Crippen molar-refractivity contribution in [2.75, 3.05) is 6.54 Å². The number of rotatable bonds is 3. The Bertz CT molecular complexity index is 792. The Labute approximate surface area is 158 Å². The molecule has 4 rings (SSSR count). The number of carboxylic acid groups (broad SMARTS) is 1. The van der Waals surface area contributed by atoms with Crippen LogP contribution in [0.5, 0.6) is 0 Å². The summed E-state index contributed by atoms with van der Waals surface area (Å²) in [4.78, 5) is 34.0. The van der Waals surface area contributed by atoms with Gasteiger partial charge in [-0.05, 0) is 57.1 Å². The number of para-hydroxylation sites is 2. The Morgan fingerprint density at radius 1 is 1.11 bits per heavy atom. The van der Waals surface area contributed by atoms with Gasteiger partial charge in [-0.2, -0.15) is 0 Å². The van der Waals surface area contributed by atoms with E-state index in [4.69, 9.17) is 10.1 Å². The van der Waals surface area contributed by atoms with Crippen LogP contribution in [0.3, 0.4) is 0 Å². The van der Waals surface area contributed by atoms with E-state index in [2.05, 4.69) is 10.3 Å². The molecule has 7 nitrogen and oxygen atoms in total. The summed E-state index contributed by atoms with van der Waals surface area (Å²) in [5.74, 6) is -0.141. The van der Waals surface area contributed by atoms with E-state index in [1.165, 1.54) is 0 Å².